The van der Waals surface area contributed by atoms with Crippen molar-refractivity contribution in [2.75, 3.05) is 0 Å². The van der Waals surface area contributed by atoms with E-state index in [1.165, 1.54) is 0 Å². The van der Waals surface area contributed by atoms with Gasteiger partial charge in [-0.05, 0) is 42.3 Å². The Bertz CT molecular complexity index is 658. The van der Waals surface area contributed by atoms with E-state index in [1.807, 2.05) is 43.3 Å². The average Bonchev–Trinajstić information content (AvgIpc) is 2.48. The lowest BCUT2D eigenvalue weighted by Gasteiger charge is -2.11. The van der Waals surface area contributed by atoms with Gasteiger partial charge in [-0.3, -0.25) is 0 Å². The third-order valence-corrected chi connectivity index (χ3v) is 3.23. The third-order valence-electron chi connectivity index (χ3n) is 3.00. The van der Waals surface area contributed by atoms with Crippen LogP contribution >= 0.6 is 11.6 Å². The van der Waals surface area contributed by atoms with Crippen molar-refractivity contribution in [1.82, 2.24) is 5.43 Å². The van der Waals surface area contributed by atoms with Gasteiger partial charge in [-0.15, -0.1) is 0 Å². The van der Waals surface area contributed by atoms with Crippen LogP contribution in [0.15, 0.2) is 47.6 Å². The molecule has 5 nitrogen and oxygen atoms in total. The first kappa shape index (κ1) is 15.2. The van der Waals surface area contributed by atoms with E-state index in [2.05, 4.69) is 10.5 Å². The zero-order chi connectivity index (χ0) is 15.2. The Morgan fingerprint density at radius 1 is 1.29 bits per heavy atom. The molecule has 0 aliphatic carbocycles. The highest BCUT2D eigenvalue weighted by molar-refractivity contribution is 6.30. The summed E-state index contributed by atoms with van der Waals surface area (Å²) in [4.78, 5) is 0. The molecule has 6 heteroatoms. The van der Waals surface area contributed by atoms with E-state index >= 15 is 0 Å². The monoisotopic (exact) mass is 304 g/mol. The Labute approximate surface area is 128 Å². The summed E-state index contributed by atoms with van der Waals surface area (Å²) in [6.45, 7) is 2.38. The van der Waals surface area contributed by atoms with Crippen LogP contribution < -0.4 is 21.8 Å². The number of hydrogen-bond donors (Lipinski definition) is 3. The predicted molar refractivity (Wildman–Crippen MR) is 85.0 cm³/mol. The predicted octanol–water partition coefficient (Wildman–Crippen LogP) is 2.31. The van der Waals surface area contributed by atoms with Gasteiger partial charge in [0, 0.05) is 10.6 Å². The van der Waals surface area contributed by atoms with E-state index in [1.54, 1.807) is 6.07 Å². The second-order valence-electron chi connectivity index (χ2n) is 4.52. The molecule has 0 fully saturated rings. The number of hydrogen-bond acceptors (Lipinski definition) is 4. The third kappa shape index (κ3) is 3.87. The molecule has 0 aromatic heterocycles. The van der Waals surface area contributed by atoms with Gasteiger partial charge >= 0.3 is 0 Å². The zero-order valence-electron chi connectivity index (χ0n) is 11.6. The molecule has 0 saturated carbocycles. The number of nitrogens with two attached hydrogens (primary N) is 2. The molecular formula is C15H17ClN4O. The summed E-state index contributed by atoms with van der Waals surface area (Å²) in [6, 6.07) is 13.2. The number of rotatable bonds is 4. The normalized spacial score (nSPS) is 11.3. The Morgan fingerprint density at radius 2 is 2.10 bits per heavy atom. The second kappa shape index (κ2) is 6.97. The first-order valence-electron chi connectivity index (χ1n) is 6.37. The van der Waals surface area contributed by atoms with Gasteiger partial charge in [-0.1, -0.05) is 29.8 Å². The van der Waals surface area contributed by atoms with Gasteiger partial charge in [0.1, 0.15) is 12.4 Å². The van der Waals surface area contributed by atoms with E-state index in [9.17, 15) is 0 Å². The van der Waals surface area contributed by atoms with Gasteiger partial charge in [0.05, 0.1) is 0 Å². The molecule has 5 N–H and O–H groups in total. The van der Waals surface area contributed by atoms with Crippen molar-refractivity contribution in [3.63, 3.8) is 0 Å². The van der Waals surface area contributed by atoms with Crippen molar-refractivity contribution < 1.29 is 4.74 Å². The molecule has 0 unspecified atom stereocenters. The minimum absolute atomic E-state index is 0.416. The number of hydrazone groups is 1. The molecule has 110 valence electrons. The number of nitrogens with zero attached hydrogens (tertiary/aromatic N) is 1. The maximum atomic E-state index is 5.92. The number of halogens is 1. The van der Waals surface area contributed by atoms with Crippen molar-refractivity contribution in [2.45, 2.75) is 13.5 Å². The fourth-order valence-corrected chi connectivity index (χ4v) is 2.17. The minimum Gasteiger partial charge on any atom is -0.489 e. The highest BCUT2D eigenvalue weighted by atomic mass is 35.5. The maximum Gasteiger partial charge on any atom is 0.166 e. The van der Waals surface area contributed by atoms with Gasteiger partial charge < -0.3 is 16.0 Å². The molecule has 21 heavy (non-hydrogen) atoms. The Hall–Kier alpha value is -2.24. The molecule has 0 aliphatic heterocycles. The van der Waals surface area contributed by atoms with E-state index < -0.39 is 0 Å². The van der Waals surface area contributed by atoms with Crippen LogP contribution in [0.5, 0.6) is 5.75 Å². The highest BCUT2D eigenvalue weighted by Crippen LogP contribution is 2.22. The van der Waals surface area contributed by atoms with Crippen LogP contribution in [-0.2, 0) is 6.61 Å². The maximum absolute atomic E-state index is 5.92. The summed E-state index contributed by atoms with van der Waals surface area (Å²) >= 11 is 5.92. The fourth-order valence-electron chi connectivity index (χ4n) is 1.94. The Morgan fingerprint density at radius 3 is 2.76 bits per heavy atom. The molecule has 2 aromatic carbocycles. The van der Waals surface area contributed by atoms with Crippen LogP contribution in [0.1, 0.15) is 16.7 Å². The number of hydrazine groups is 1. The first-order chi connectivity index (χ1) is 10.1. The summed E-state index contributed by atoms with van der Waals surface area (Å²) in [5.41, 5.74) is 5.23. The molecular weight excluding hydrogens is 288 g/mol. The first-order valence-corrected chi connectivity index (χ1v) is 6.74. The van der Waals surface area contributed by atoms with Crippen LogP contribution in [0, 0.1) is 6.92 Å². The highest BCUT2D eigenvalue weighted by Gasteiger charge is 2.04. The number of aryl methyl sites for hydroxylation is 1. The van der Waals surface area contributed by atoms with Gasteiger partial charge in [-0.2, -0.15) is 5.10 Å². The Balaban J connectivity index is 2.11. The quantitative estimate of drug-likeness (QED) is 0.350. The van der Waals surface area contributed by atoms with E-state index in [0.717, 1.165) is 22.4 Å². The van der Waals surface area contributed by atoms with Crippen molar-refractivity contribution in [1.29, 1.82) is 0 Å². The number of amidine groups is 1. The van der Waals surface area contributed by atoms with E-state index in [4.69, 9.17) is 28.0 Å². The lowest BCUT2D eigenvalue weighted by Crippen LogP contribution is -2.32. The van der Waals surface area contributed by atoms with Crippen molar-refractivity contribution in [2.24, 2.45) is 16.8 Å². The molecule has 0 amide bonds. The van der Waals surface area contributed by atoms with Crippen molar-refractivity contribution >= 4 is 17.4 Å². The SMILES string of the molecule is Cc1cc(Cl)ccc1OCc1cccc(/C(=N/N)NN)c1. The molecule has 0 saturated heterocycles. The number of ether oxygens (including phenoxy) is 1. The lowest BCUT2D eigenvalue weighted by atomic mass is 10.1. The lowest BCUT2D eigenvalue weighted by molar-refractivity contribution is 0.304. The molecule has 0 spiro atoms. The molecule has 2 aromatic rings. The van der Waals surface area contributed by atoms with Crippen molar-refractivity contribution in [3.05, 3.63) is 64.2 Å². The largest absolute Gasteiger partial charge is 0.489 e. The smallest absolute Gasteiger partial charge is 0.166 e. The van der Waals surface area contributed by atoms with E-state index in [0.29, 0.717) is 17.5 Å². The zero-order valence-corrected chi connectivity index (χ0v) is 12.4. The standard InChI is InChI=1S/C15H17ClN4O/c1-10-7-13(16)5-6-14(10)21-9-11-3-2-4-12(8-11)15(19-17)20-18/h2-8H,9,17-18H2,1H3,(H,19,20). The molecule has 0 heterocycles. The van der Waals surface area contributed by atoms with Crippen LogP contribution in [0.2, 0.25) is 5.02 Å². The Kier molecular flexibility index (Phi) is 5.03. The summed E-state index contributed by atoms with van der Waals surface area (Å²) in [5, 5.41) is 4.28. The van der Waals surface area contributed by atoms with Gasteiger partial charge in [0.15, 0.2) is 5.84 Å². The molecule has 0 bridgehead atoms. The van der Waals surface area contributed by atoms with Crippen molar-refractivity contribution in [3.8, 4) is 5.75 Å². The van der Waals surface area contributed by atoms with Crippen LogP contribution in [-0.4, -0.2) is 5.84 Å². The minimum atomic E-state index is 0.416. The van der Waals surface area contributed by atoms with Crippen LogP contribution in [0.25, 0.3) is 0 Å². The van der Waals surface area contributed by atoms with Gasteiger partial charge in [-0.25, -0.2) is 5.84 Å². The molecule has 2 rings (SSSR count). The molecule has 0 aliphatic rings. The summed E-state index contributed by atoms with van der Waals surface area (Å²) < 4.78 is 5.80. The molecule has 0 radical (unpaired) electrons. The summed E-state index contributed by atoms with van der Waals surface area (Å²) in [7, 11) is 0. The topological polar surface area (TPSA) is 85.7 Å². The summed E-state index contributed by atoms with van der Waals surface area (Å²) in [5.74, 6) is 11.8. The summed E-state index contributed by atoms with van der Waals surface area (Å²) in [6.07, 6.45) is 0. The van der Waals surface area contributed by atoms with E-state index in [-0.39, 0.29) is 0 Å². The van der Waals surface area contributed by atoms with Crippen LogP contribution in [0.4, 0.5) is 0 Å². The number of nitrogens with one attached hydrogen (secondary N) is 1. The second-order valence-corrected chi connectivity index (χ2v) is 4.96. The average molecular weight is 305 g/mol. The van der Waals surface area contributed by atoms with Gasteiger partial charge in [0.2, 0.25) is 0 Å². The van der Waals surface area contributed by atoms with Gasteiger partial charge in [0.25, 0.3) is 0 Å². The molecule has 0 atom stereocenters. The van der Waals surface area contributed by atoms with Crippen LogP contribution in [0.3, 0.4) is 0 Å². The fraction of sp³-hybridized carbons (Fsp3) is 0.133. The number of benzene rings is 2.